The smallest absolute Gasteiger partial charge is 0.191 e. The van der Waals surface area contributed by atoms with Gasteiger partial charge < -0.3 is 25.0 Å². The van der Waals surface area contributed by atoms with E-state index in [1.54, 1.807) is 26.3 Å². The van der Waals surface area contributed by atoms with Gasteiger partial charge in [0.1, 0.15) is 5.82 Å². The fourth-order valence-electron chi connectivity index (χ4n) is 3.94. The zero-order valence-electron chi connectivity index (χ0n) is 17.0. The number of piperidine rings is 1. The summed E-state index contributed by atoms with van der Waals surface area (Å²) in [4.78, 5) is 6.91. The molecule has 1 aromatic rings. The maximum absolute atomic E-state index is 13.1. The highest BCUT2D eigenvalue weighted by molar-refractivity contribution is 5.80. The third-order valence-corrected chi connectivity index (χ3v) is 5.67. The van der Waals surface area contributed by atoms with Gasteiger partial charge in [0.05, 0.1) is 12.7 Å². The molecule has 0 amide bonds. The van der Waals surface area contributed by atoms with Gasteiger partial charge in [-0.3, -0.25) is 4.99 Å². The summed E-state index contributed by atoms with van der Waals surface area (Å²) in [5, 5.41) is 6.87. The summed E-state index contributed by atoms with van der Waals surface area (Å²) in [6.45, 7) is 5.80. The van der Waals surface area contributed by atoms with E-state index >= 15 is 0 Å². The van der Waals surface area contributed by atoms with Crippen LogP contribution in [-0.4, -0.2) is 70.5 Å². The molecule has 0 spiro atoms. The summed E-state index contributed by atoms with van der Waals surface area (Å²) in [7, 11) is 3.45. The molecule has 2 N–H and O–H groups in total. The van der Waals surface area contributed by atoms with Gasteiger partial charge in [-0.05, 0) is 42.9 Å². The summed E-state index contributed by atoms with van der Waals surface area (Å²) in [6.07, 6.45) is 3.26. The Morgan fingerprint density at radius 2 is 2.04 bits per heavy atom. The molecule has 156 valence electrons. The number of rotatable bonds is 7. The molecule has 6 nitrogen and oxygen atoms in total. The summed E-state index contributed by atoms with van der Waals surface area (Å²) in [5.74, 6) is 1.25. The summed E-state index contributed by atoms with van der Waals surface area (Å²) in [5.41, 5.74) is 0.941. The molecule has 2 heterocycles. The molecule has 0 aromatic heterocycles. The van der Waals surface area contributed by atoms with Crippen molar-refractivity contribution in [2.24, 2.45) is 10.9 Å². The fourth-order valence-corrected chi connectivity index (χ4v) is 3.94. The predicted molar refractivity (Wildman–Crippen MR) is 109 cm³/mol. The number of likely N-dealkylation sites (tertiary alicyclic amines) is 1. The molecular formula is C21H33FN4O2. The molecule has 3 rings (SSSR count). The minimum atomic E-state index is -0.240. The van der Waals surface area contributed by atoms with E-state index in [2.05, 4.69) is 20.5 Å². The second-order valence-corrected chi connectivity index (χ2v) is 7.68. The first kappa shape index (κ1) is 21.0. The van der Waals surface area contributed by atoms with Gasteiger partial charge in [-0.1, -0.05) is 12.1 Å². The fraction of sp³-hybridized carbons (Fsp3) is 0.667. The van der Waals surface area contributed by atoms with Crippen molar-refractivity contribution >= 4 is 5.96 Å². The van der Waals surface area contributed by atoms with Gasteiger partial charge >= 0.3 is 0 Å². The van der Waals surface area contributed by atoms with Crippen LogP contribution in [0.3, 0.4) is 0 Å². The molecule has 28 heavy (non-hydrogen) atoms. The standard InChI is InChI=1S/C21H33FN4O2/c1-23-21(24-13-20(27-2)17-3-5-18(22)6-4-17)25-19-7-10-26(11-8-19)14-16-9-12-28-15-16/h3-6,16,19-20H,7-15H2,1-2H3,(H2,23,24,25). The van der Waals surface area contributed by atoms with E-state index in [9.17, 15) is 4.39 Å². The van der Waals surface area contributed by atoms with Crippen LogP contribution in [0.15, 0.2) is 29.3 Å². The highest BCUT2D eigenvalue weighted by Crippen LogP contribution is 2.18. The Hall–Kier alpha value is -1.70. The number of hydrogen-bond donors (Lipinski definition) is 2. The Morgan fingerprint density at radius 1 is 1.29 bits per heavy atom. The lowest BCUT2D eigenvalue weighted by Gasteiger charge is -2.34. The monoisotopic (exact) mass is 392 g/mol. The molecule has 2 saturated heterocycles. The van der Waals surface area contributed by atoms with Crippen LogP contribution in [0.2, 0.25) is 0 Å². The van der Waals surface area contributed by atoms with Crippen molar-refractivity contribution in [2.75, 3.05) is 53.6 Å². The molecule has 2 fully saturated rings. The molecule has 0 saturated carbocycles. The summed E-state index contributed by atoms with van der Waals surface area (Å²) >= 11 is 0. The largest absolute Gasteiger partial charge is 0.381 e. The topological polar surface area (TPSA) is 58.1 Å². The average molecular weight is 393 g/mol. The van der Waals surface area contributed by atoms with Gasteiger partial charge in [-0.2, -0.15) is 0 Å². The van der Waals surface area contributed by atoms with E-state index in [0.29, 0.717) is 18.5 Å². The zero-order valence-corrected chi connectivity index (χ0v) is 17.0. The van der Waals surface area contributed by atoms with Gasteiger partial charge in [0.25, 0.3) is 0 Å². The van der Waals surface area contributed by atoms with E-state index in [-0.39, 0.29) is 11.9 Å². The Labute approximate surface area is 167 Å². The Bertz CT molecular complexity index is 611. The third-order valence-electron chi connectivity index (χ3n) is 5.67. The van der Waals surface area contributed by atoms with Crippen molar-refractivity contribution in [1.82, 2.24) is 15.5 Å². The maximum atomic E-state index is 13.1. The van der Waals surface area contributed by atoms with Crippen molar-refractivity contribution in [3.05, 3.63) is 35.6 Å². The average Bonchev–Trinajstić information content (AvgIpc) is 3.23. The second-order valence-electron chi connectivity index (χ2n) is 7.68. The Kier molecular flexibility index (Phi) is 8.06. The zero-order chi connectivity index (χ0) is 19.8. The highest BCUT2D eigenvalue weighted by atomic mass is 19.1. The van der Waals surface area contributed by atoms with Crippen molar-refractivity contribution in [3.63, 3.8) is 0 Å². The lowest BCUT2D eigenvalue weighted by molar-refractivity contribution is 0.106. The van der Waals surface area contributed by atoms with Crippen LogP contribution in [0.1, 0.15) is 30.9 Å². The maximum Gasteiger partial charge on any atom is 0.191 e. The molecule has 0 bridgehead atoms. The predicted octanol–water partition coefficient (Wildman–Crippen LogP) is 2.18. The molecular weight excluding hydrogens is 359 g/mol. The van der Waals surface area contributed by atoms with Crippen molar-refractivity contribution in [3.8, 4) is 0 Å². The molecule has 2 atom stereocenters. The molecule has 2 aliphatic rings. The number of benzene rings is 1. The van der Waals surface area contributed by atoms with Crippen LogP contribution >= 0.6 is 0 Å². The summed E-state index contributed by atoms with van der Waals surface area (Å²) in [6, 6.07) is 6.85. The first-order chi connectivity index (χ1) is 13.7. The van der Waals surface area contributed by atoms with Crippen LogP contribution in [0.25, 0.3) is 0 Å². The van der Waals surface area contributed by atoms with Gasteiger partial charge in [0.2, 0.25) is 0 Å². The molecule has 1 aromatic carbocycles. The Morgan fingerprint density at radius 3 is 2.64 bits per heavy atom. The number of halogens is 1. The van der Waals surface area contributed by atoms with Crippen LogP contribution in [0.5, 0.6) is 0 Å². The molecule has 0 aliphatic carbocycles. The van der Waals surface area contributed by atoms with Crippen molar-refractivity contribution in [2.45, 2.75) is 31.4 Å². The molecule has 0 radical (unpaired) electrons. The number of aliphatic imine (C=N–C) groups is 1. The van der Waals surface area contributed by atoms with Crippen LogP contribution < -0.4 is 10.6 Å². The second kappa shape index (κ2) is 10.7. The first-order valence-electron chi connectivity index (χ1n) is 10.2. The molecule has 2 unspecified atom stereocenters. The minimum Gasteiger partial charge on any atom is -0.381 e. The van der Waals surface area contributed by atoms with E-state index in [0.717, 1.165) is 57.2 Å². The lowest BCUT2D eigenvalue weighted by Crippen LogP contribution is -2.49. The number of hydrogen-bond acceptors (Lipinski definition) is 4. The normalized spacial score (nSPS) is 23.0. The van der Waals surface area contributed by atoms with Crippen molar-refractivity contribution in [1.29, 1.82) is 0 Å². The van der Waals surface area contributed by atoms with Gasteiger partial charge in [-0.25, -0.2) is 4.39 Å². The molecule has 2 aliphatic heterocycles. The van der Waals surface area contributed by atoms with Crippen molar-refractivity contribution < 1.29 is 13.9 Å². The number of nitrogens with zero attached hydrogens (tertiary/aromatic N) is 2. The van der Waals surface area contributed by atoms with E-state index in [4.69, 9.17) is 9.47 Å². The van der Waals surface area contributed by atoms with Crippen LogP contribution in [-0.2, 0) is 9.47 Å². The Balaban J connectivity index is 1.41. The first-order valence-corrected chi connectivity index (χ1v) is 10.2. The van der Waals surface area contributed by atoms with Gasteiger partial charge in [0, 0.05) is 53.0 Å². The quantitative estimate of drug-likeness (QED) is 0.550. The van der Waals surface area contributed by atoms with E-state index in [1.807, 2.05) is 0 Å². The van der Waals surface area contributed by atoms with E-state index in [1.165, 1.54) is 18.6 Å². The number of ether oxygens (including phenoxy) is 2. The van der Waals surface area contributed by atoms with E-state index < -0.39 is 0 Å². The van der Waals surface area contributed by atoms with Gasteiger partial charge in [0.15, 0.2) is 5.96 Å². The highest BCUT2D eigenvalue weighted by Gasteiger charge is 2.24. The molecule has 7 heteroatoms. The number of nitrogens with one attached hydrogen (secondary N) is 2. The minimum absolute atomic E-state index is 0.158. The van der Waals surface area contributed by atoms with Crippen LogP contribution in [0, 0.1) is 11.7 Å². The number of methoxy groups -OCH3 is 1. The van der Waals surface area contributed by atoms with Gasteiger partial charge in [-0.15, -0.1) is 0 Å². The SMILES string of the molecule is CN=C(NCC(OC)c1ccc(F)cc1)NC1CCN(CC2CCOC2)CC1. The third kappa shape index (κ3) is 6.15. The summed E-state index contributed by atoms with van der Waals surface area (Å²) < 4.78 is 24.2. The lowest BCUT2D eigenvalue weighted by atomic mass is 10.0. The number of guanidine groups is 1. The van der Waals surface area contributed by atoms with Crippen LogP contribution in [0.4, 0.5) is 4.39 Å².